The van der Waals surface area contributed by atoms with Gasteiger partial charge in [0.2, 0.25) is 0 Å². The van der Waals surface area contributed by atoms with Crippen LogP contribution in [0, 0.1) is 28.6 Å². The second kappa shape index (κ2) is 20.6. The van der Waals surface area contributed by atoms with Crippen molar-refractivity contribution in [2.24, 2.45) is 28.6 Å². The Balaban J connectivity index is 0.877. The SMILES string of the molecule is CO[C@@H]1[C@@H](O)[C@H](O[C@H]2CC[C@@]3(C)C(=CC[C@@H]4[C@@H]3CC[C@]3(C)[C@@H](C(C)O[C@@H]5O[C@H](CO)[C@@H](O)[C@H](O)[C@H]5O)CC[C@]43O)C2)O[C@H](C)[C@@H]1O[C@@H]1O[C@H](CO[C@@H]2O[C@H](CO)[C@@H](O)[C@H](O)[C@H]2O)[C@@H](O)[C@H](O)[C@H]1O. The standard InChI is InChI=1S/C46H76O22/c1-18(62-41-35(56)32(53)29(50)26(16-48)66-41)22-10-13-46(59)24-7-6-20-14-21(8-11-44(20,3)23(24)9-12-45(22,46)4)64-43-37(58)39(60-5)38(19(2)63-43)68-42-36(57)33(54)30(51)27(67-42)17-61-40-34(55)31(52)28(49)25(15-47)65-40/h6,18-19,21-43,47-59H,7-17H2,1-5H3/t18?,19-,21+,22-,23+,24-,25-,26-,27-,28-,29-,30-,31+,32+,33+,34-,35-,36-,37-,38+,39-,40-,41-,42+,43+,44+,45-,46+/m1/s1. The number of methoxy groups -OCH3 is 1. The fraction of sp³-hybridized carbons (Fsp3) is 0.957. The minimum atomic E-state index is -1.80. The number of aliphatic hydroxyl groups excluding tert-OH is 12. The summed E-state index contributed by atoms with van der Waals surface area (Å²) in [6, 6.07) is 0. The van der Waals surface area contributed by atoms with Crippen LogP contribution in [0.3, 0.4) is 0 Å². The van der Waals surface area contributed by atoms with Gasteiger partial charge in [0.05, 0.1) is 43.7 Å². The van der Waals surface area contributed by atoms with Crippen LogP contribution in [-0.2, 0) is 42.6 Å². The quantitative estimate of drug-likeness (QED) is 0.0793. The predicted octanol–water partition coefficient (Wildman–Crippen LogP) is -3.60. The first-order valence-electron chi connectivity index (χ1n) is 24.3. The van der Waals surface area contributed by atoms with Gasteiger partial charge in [0.25, 0.3) is 0 Å². The molecular weight excluding hydrogens is 904 g/mol. The van der Waals surface area contributed by atoms with Gasteiger partial charge in [-0.25, -0.2) is 0 Å². The summed E-state index contributed by atoms with van der Waals surface area (Å²) >= 11 is 0. The first-order chi connectivity index (χ1) is 32.1. The summed E-state index contributed by atoms with van der Waals surface area (Å²) in [5.41, 5.74) is -0.520. The Morgan fingerprint density at radius 1 is 0.632 bits per heavy atom. The second-order valence-electron chi connectivity index (χ2n) is 21.2. The van der Waals surface area contributed by atoms with E-state index in [4.69, 9.17) is 42.6 Å². The van der Waals surface area contributed by atoms with Crippen molar-refractivity contribution in [1.29, 1.82) is 0 Å². The number of allylic oxidation sites excluding steroid dienone is 1. The van der Waals surface area contributed by atoms with E-state index in [1.54, 1.807) is 6.92 Å². The second-order valence-corrected chi connectivity index (χ2v) is 21.2. The maximum atomic E-state index is 12.8. The molecule has 0 bridgehead atoms. The summed E-state index contributed by atoms with van der Waals surface area (Å²) in [6.07, 6.45) is -21.6. The number of hydrogen-bond acceptors (Lipinski definition) is 22. The Morgan fingerprint density at radius 2 is 1.21 bits per heavy atom. The largest absolute Gasteiger partial charge is 0.394 e. The number of fused-ring (bicyclic) bond motifs is 5. The van der Waals surface area contributed by atoms with E-state index in [0.29, 0.717) is 32.1 Å². The van der Waals surface area contributed by atoms with Crippen molar-refractivity contribution in [1.82, 2.24) is 0 Å². The molecule has 0 aromatic rings. The molecule has 0 spiro atoms. The van der Waals surface area contributed by atoms with Gasteiger partial charge in [0.1, 0.15) is 91.6 Å². The highest BCUT2D eigenvalue weighted by molar-refractivity contribution is 5.28. The van der Waals surface area contributed by atoms with Crippen molar-refractivity contribution in [3.63, 3.8) is 0 Å². The Hall–Kier alpha value is -1.14. The van der Waals surface area contributed by atoms with Gasteiger partial charge >= 0.3 is 0 Å². The zero-order valence-electron chi connectivity index (χ0n) is 39.3. The number of aliphatic hydroxyl groups is 13. The van der Waals surface area contributed by atoms with Crippen LogP contribution in [0.2, 0.25) is 0 Å². The van der Waals surface area contributed by atoms with Gasteiger partial charge in [0, 0.05) is 12.5 Å². The zero-order chi connectivity index (χ0) is 49.4. The van der Waals surface area contributed by atoms with Crippen LogP contribution >= 0.6 is 0 Å². The van der Waals surface area contributed by atoms with Gasteiger partial charge in [-0.1, -0.05) is 25.5 Å². The van der Waals surface area contributed by atoms with Gasteiger partial charge < -0.3 is 109 Å². The summed E-state index contributed by atoms with van der Waals surface area (Å²) in [5.74, 6) is 0.0601. The lowest BCUT2D eigenvalue weighted by Gasteiger charge is -2.61. The van der Waals surface area contributed by atoms with Crippen LogP contribution in [0.25, 0.3) is 0 Å². The van der Waals surface area contributed by atoms with Crippen molar-refractivity contribution in [3.05, 3.63) is 11.6 Å². The fourth-order valence-corrected chi connectivity index (χ4v) is 13.5. The Bertz CT molecular complexity index is 1730. The van der Waals surface area contributed by atoms with Crippen LogP contribution in [0.1, 0.15) is 79.1 Å². The molecule has 0 amide bonds. The Kier molecular flexibility index (Phi) is 16.1. The van der Waals surface area contributed by atoms with E-state index in [-0.39, 0.29) is 29.3 Å². The highest BCUT2D eigenvalue weighted by atomic mass is 16.8. The molecule has 0 aromatic heterocycles. The summed E-state index contributed by atoms with van der Waals surface area (Å²) in [4.78, 5) is 0. The first kappa shape index (κ1) is 53.2. The molecule has 0 radical (unpaired) electrons. The van der Waals surface area contributed by atoms with Crippen LogP contribution in [0.15, 0.2) is 11.6 Å². The fourth-order valence-electron chi connectivity index (χ4n) is 13.5. The molecule has 13 N–H and O–H groups in total. The molecule has 22 heteroatoms. The third-order valence-electron chi connectivity index (χ3n) is 17.7. The molecule has 392 valence electrons. The van der Waals surface area contributed by atoms with Crippen molar-refractivity contribution < 1.29 is 109 Å². The highest BCUT2D eigenvalue weighted by Gasteiger charge is 2.67. The molecule has 0 aromatic carbocycles. The molecule has 4 aliphatic heterocycles. The van der Waals surface area contributed by atoms with Crippen LogP contribution < -0.4 is 0 Å². The van der Waals surface area contributed by atoms with Crippen LogP contribution in [-0.4, -0.2) is 234 Å². The lowest BCUT2D eigenvalue weighted by atomic mass is 9.45. The van der Waals surface area contributed by atoms with Gasteiger partial charge in [-0.05, 0) is 88.4 Å². The monoisotopic (exact) mass is 980 g/mol. The zero-order valence-corrected chi connectivity index (χ0v) is 39.3. The van der Waals surface area contributed by atoms with Gasteiger partial charge in [-0.2, -0.15) is 0 Å². The Morgan fingerprint density at radius 3 is 1.84 bits per heavy atom. The molecule has 8 rings (SSSR count). The summed E-state index contributed by atoms with van der Waals surface area (Å²) in [7, 11) is 1.37. The maximum Gasteiger partial charge on any atom is 0.187 e. The summed E-state index contributed by atoms with van der Waals surface area (Å²) in [6.45, 7) is 6.14. The summed E-state index contributed by atoms with van der Waals surface area (Å²) in [5, 5.41) is 138. The topological polar surface area (TPSA) is 346 Å². The first-order valence-corrected chi connectivity index (χ1v) is 24.3. The Labute approximate surface area is 395 Å². The van der Waals surface area contributed by atoms with E-state index in [1.165, 1.54) is 12.7 Å². The van der Waals surface area contributed by atoms with Crippen molar-refractivity contribution in [3.8, 4) is 0 Å². The third kappa shape index (κ3) is 9.17. The molecule has 1 unspecified atom stereocenters. The molecule has 4 saturated heterocycles. The molecule has 7 fully saturated rings. The van der Waals surface area contributed by atoms with E-state index in [9.17, 15) is 66.4 Å². The van der Waals surface area contributed by atoms with Gasteiger partial charge in [-0.15, -0.1) is 0 Å². The van der Waals surface area contributed by atoms with Crippen molar-refractivity contribution in [2.45, 2.75) is 220 Å². The van der Waals surface area contributed by atoms with E-state index < -0.39 is 160 Å². The minimum Gasteiger partial charge on any atom is -0.394 e. The molecule has 4 heterocycles. The van der Waals surface area contributed by atoms with E-state index in [2.05, 4.69) is 19.9 Å². The maximum absolute atomic E-state index is 12.8. The number of ether oxygens (including phenoxy) is 9. The minimum absolute atomic E-state index is 0.0260. The van der Waals surface area contributed by atoms with E-state index in [0.717, 1.165) is 19.3 Å². The molecule has 3 saturated carbocycles. The van der Waals surface area contributed by atoms with Crippen molar-refractivity contribution in [2.75, 3.05) is 26.9 Å². The molecule has 68 heavy (non-hydrogen) atoms. The van der Waals surface area contributed by atoms with Gasteiger partial charge in [0.15, 0.2) is 25.2 Å². The van der Waals surface area contributed by atoms with Crippen LogP contribution in [0.5, 0.6) is 0 Å². The average Bonchev–Trinajstić information content (AvgIpc) is 3.60. The van der Waals surface area contributed by atoms with Crippen molar-refractivity contribution >= 4 is 0 Å². The van der Waals surface area contributed by atoms with Gasteiger partial charge in [-0.3, -0.25) is 0 Å². The third-order valence-corrected chi connectivity index (χ3v) is 17.7. The molecular formula is C46H76O22. The lowest BCUT2D eigenvalue weighted by Crippen LogP contribution is -2.65. The number of rotatable bonds is 13. The van der Waals surface area contributed by atoms with Crippen LogP contribution in [0.4, 0.5) is 0 Å². The molecule has 22 nitrogen and oxygen atoms in total. The highest BCUT2D eigenvalue weighted by Crippen LogP contribution is 2.68. The normalized spacial score (nSPS) is 54.6. The predicted molar refractivity (Wildman–Crippen MR) is 228 cm³/mol. The smallest absolute Gasteiger partial charge is 0.187 e. The lowest BCUT2D eigenvalue weighted by molar-refractivity contribution is -0.366. The average molecular weight is 981 g/mol. The van der Waals surface area contributed by atoms with E-state index in [1.807, 2.05) is 6.92 Å². The van der Waals surface area contributed by atoms with E-state index >= 15 is 0 Å². The molecule has 28 atom stereocenters. The summed E-state index contributed by atoms with van der Waals surface area (Å²) < 4.78 is 53.2. The molecule has 4 aliphatic carbocycles. The molecule has 8 aliphatic rings. The number of hydrogen-bond donors (Lipinski definition) is 13.